The number of rotatable bonds is 3. The standard InChI is InChI=1S/C21H22N4O5/c1-12-3-5-13(6-4-12)7-8-14-9-25(19-16(14)18(24-29)22-11-23-19)20-21(2,28)17(27)15(10-26)30-20/h3-6,9,11,15,17,20,26-29H,10H2,1-2H3,(H,22,23,24)/t15?,17?,20?,21-/m1/s1. The molecule has 156 valence electrons. The maximum atomic E-state index is 10.9. The minimum Gasteiger partial charge on any atom is -0.394 e. The van der Waals surface area contributed by atoms with E-state index in [1.807, 2.05) is 36.7 Å². The first kappa shape index (κ1) is 20.3. The number of aryl methyl sites for hydroxylation is 1. The number of aromatic nitrogens is 3. The highest BCUT2D eigenvalue weighted by Gasteiger charge is 2.53. The third kappa shape index (κ3) is 3.31. The lowest BCUT2D eigenvalue weighted by Crippen LogP contribution is -2.44. The van der Waals surface area contributed by atoms with Crippen LogP contribution in [-0.2, 0) is 4.74 Å². The number of fused-ring (bicyclic) bond motifs is 1. The van der Waals surface area contributed by atoms with E-state index < -0.39 is 30.6 Å². The maximum absolute atomic E-state index is 10.9. The molecule has 1 saturated heterocycles. The summed E-state index contributed by atoms with van der Waals surface area (Å²) in [5.74, 6) is 6.26. The second kappa shape index (κ2) is 7.68. The second-order valence-electron chi connectivity index (χ2n) is 7.48. The molecule has 1 aromatic carbocycles. The van der Waals surface area contributed by atoms with Crippen LogP contribution in [0, 0.1) is 18.8 Å². The van der Waals surface area contributed by atoms with Crippen molar-refractivity contribution in [1.82, 2.24) is 14.5 Å². The van der Waals surface area contributed by atoms with Gasteiger partial charge in [-0.05, 0) is 26.0 Å². The van der Waals surface area contributed by atoms with Crippen LogP contribution in [0.25, 0.3) is 11.0 Å². The first-order valence-corrected chi connectivity index (χ1v) is 9.38. The molecule has 4 rings (SSSR count). The molecule has 1 aliphatic heterocycles. The van der Waals surface area contributed by atoms with Crippen molar-refractivity contribution in [1.29, 1.82) is 0 Å². The van der Waals surface area contributed by atoms with Crippen molar-refractivity contribution >= 4 is 16.9 Å². The monoisotopic (exact) mass is 410 g/mol. The van der Waals surface area contributed by atoms with Crippen LogP contribution in [0.4, 0.5) is 5.82 Å². The molecule has 1 fully saturated rings. The van der Waals surface area contributed by atoms with E-state index in [0.717, 1.165) is 11.1 Å². The minimum absolute atomic E-state index is 0.142. The molecule has 0 amide bonds. The number of hydrogen-bond donors (Lipinski definition) is 5. The molecule has 0 bridgehead atoms. The zero-order chi connectivity index (χ0) is 21.5. The van der Waals surface area contributed by atoms with Gasteiger partial charge in [-0.2, -0.15) is 0 Å². The fraction of sp³-hybridized carbons (Fsp3) is 0.333. The summed E-state index contributed by atoms with van der Waals surface area (Å²) in [6.07, 6.45) is -0.430. The van der Waals surface area contributed by atoms with E-state index in [1.54, 1.807) is 6.20 Å². The van der Waals surface area contributed by atoms with Gasteiger partial charge in [0.1, 0.15) is 29.8 Å². The number of aliphatic hydroxyl groups is 3. The van der Waals surface area contributed by atoms with Crippen molar-refractivity contribution in [3.63, 3.8) is 0 Å². The molecular weight excluding hydrogens is 388 g/mol. The lowest BCUT2D eigenvalue weighted by molar-refractivity contribution is -0.0948. The highest BCUT2D eigenvalue weighted by molar-refractivity contribution is 5.93. The normalized spacial score (nSPS) is 25.9. The highest BCUT2D eigenvalue weighted by atomic mass is 16.6. The van der Waals surface area contributed by atoms with E-state index in [-0.39, 0.29) is 5.82 Å². The van der Waals surface area contributed by atoms with Gasteiger partial charge in [0.25, 0.3) is 0 Å². The Morgan fingerprint density at radius 1 is 1.23 bits per heavy atom. The van der Waals surface area contributed by atoms with Gasteiger partial charge >= 0.3 is 0 Å². The SMILES string of the molecule is Cc1ccc(C#Cc2cn(C3OC(CO)C(O)[C@@]3(C)O)c3ncnc(NO)c23)cc1. The molecule has 30 heavy (non-hydrogen) atoms. The predicted molar refractivity (Wildman–Crippen MR) is 108 cm³/mol. The molecule has 3 heterocycles. The van der Waals surface area contributed by atoms with Gasteiger partial charge in [0, 0.05) is 11.8 Å². The van der Waals surface area contributed by atoms with Gasteiger partial charge in [-0.1, -0.05) is 29.5 Å². The summed E-state index contributed by atoms with van der Waals surface area (Å²) >= 11 is 0. The lowest BCUT2D eigenvalue weighted by Gasteiger charge is -2.27. The van der Waals surface area contributed by atoms with E-state index in [9.17, 15) is 20.5 Å². The van der Waals surface area contributed by atoms with Crippen LogP contribution >= 0.6 is 0 Å². The van der Waals surface area contributed by atoms with Crippen LogP contribution in [-0.4, -0.2) is 59.5 Å². The average Bonchev–Trinajstić information content (AvgIpc) is 3.22. The average molecular weight is 410 g/mol. The molecule has 9 nitrogen and oxygen atoms in total. The van der Waals surface area contributed by atoms with Gasteiger partial charge in [0.15, 0.2) is 12.0 Å². The van der Waals surface area contributed by atoms with Gasteiger partial charge in [0.05, 0.1) is 17.6 Å². The van der Waals surface area contributed by atoms with E-state index >= 15 is 0 Å². The molecule has 3 aromatic rings. The largest absolute Gasteiger partial charge is 0.394 e. The Kier molecular flexibility index (Phi) is 5.19. The Balaban J connectivity index is 1.86. The van der Waals surface area contributed by atoms with Crippen molar-refractivity contribution in [3.05, 3.63) is 53.5 Å². The first-order valence-electron chi connectivity index (χ1n) is 9.38. The number of aliphatic hydroxyl groups excluding tert-OH is 2. The Labute approximate surface area is 172 Å². The topological polar surface area (TPSA) is 133 Å². The molecule has 4 atom stereocenters. The predicted octanol–water partition coefficient (Wildman–Crippen LogP) is 0.942. The summed E-state index contributed by atoms with van der Waals surface area (Å²) in [5.41, 5.74) is 3.10. The van der Waals surface area contributed by atoms with Crippen molar-refractivity contribution in [2.45, 2.75) is 37.9 Å². The first-order chi connectivity index (χ1) is 14.4. The summed E-state index contributed by atoms with van der Waals surface area (Å²) in [6, 6.07) is 7.71. The van der Waals surface area contributed by atoms with Crippen LogP contribution in [0.15, 0.2) is 36.8 Å². The zero-order valence-corrected chi connectivity index (χ0v) is 16.4. The molecule has 9 heteroatoms. The maximum Gasteiger partial charge on any atom is 0.167 e. The molecule has 0 spiro atoms. The number of nitrogens with one attached hydrogen (secondary N) is 1. The second-order valence-corrected chi connectivity index (χ2v) is 7.48. The molecule has 2 aromatic heterocycles. The number of benzene rings is 1. The number of hydrogen-bond acceptors (Lipinski definition) is 8. The van der Waals surface area contributed by atoms with E-state index in [2.05, 4.69) is 21.8 Å². The molecule has 0 saturated carbocycles. The minimum atomic E-state index is -1.70. The van der Waals surface area contributed by atoms with Gasteiger partial charge < -0.3 is 24.6 Å². The summed E-state index contributed by atoms with van der Waals surface area (Å²) in [5, 5.41) is 40.6. The van der Waals surface area contributed by atoms with Crippen molar-refractivity contribution in [3.8, 4) is 11.8 Å². The Hall–Kier alpha value is -3.00. The van der Waals surface area contributed by atoms with E-state index in [0.29, 0.717) is 16.6 Å². The smallest absolute Gasteiger partial charge is 0.167 e. The third-order valence-corrected chi connectivity index (χ3v) is 5.30. The molecule has 5 N–H and O–H groups in total. The number of ether oxygens (including phenoxy) is 1. The number of anilines is 1. The van der Waals surface area contributed by atoms with Crippen molar-refractivity contribution < 1.29 is 25.3 Å². The van der Waals surface area contributed by atoms with Crippen LogP contribution < -0.4 is 5.48 Å². The van der Waals surface area contributed by atoms with Crippen molar-refractivity contribution in [2.24, 2.45) is 0 Å². The lowest BCUT2D eigenvalue weighted by atomic mass is 9.96. The molecular formula is C21H22N4O5. The molecule has 1 aliphatic rings. The fourth-order valence-corrected chi connectivity index (χ4v) is 3.61. The summed E-state index contributed by atoms with van der Waals surface area (Å²) in [6.45, 7) is 2.96. The highest BCUT2D eigenvalue weighted by Crippen LogP contribution is 2.40. The van der Waals surface area contributed by atoms with Crippen LogP contribution in [0.5, 0.6) is 0 Å². The summed E-state index contributed by atoms with van der Waals surface area (Å²) in [4.78, 5) is 8.29. The van der Waals surface area contributed by atoms with Gasteiger partial charge in [0.2, 0.25) is 0 Å². The van der Waals surface area contributed by atoms with Crippen molar-refractivity contribution in [2.75, 3.05) is 12.1 Å². The van der Waals surface area contributed by atoms with Crippen LogP contribution in [0.1, 0.15) is 29.8 Å². The molecule has 0 radical (unpaired) electrons. The van der Waals surface area contributed by atoms with Gasteiger partial charge in [-0.15, -0.1) is 0 Å². The molecule has 0 aliphatic carbocycles. The van der Waals surface area contributed by atoms with E-state index in [1.165, 1.54) is 17.8 Å². The third-order valence-electron chi connectivity index (χ3n) is 5.30. The Morgan fingerprint density at radius 2 is 1.97 bits per heavy atom. The number of nitrogens with zero attached hydrogens (tertiary/aromatic N) is 3. The summed E-state index contributed by atoms with van der Waals surface area (Å²) < 4.78 is 7.24. The molecule has 3 unspecified atom stereocenters. The Morgan fingerprint density at radius 3 is 2.60 bits per heavy atom. The zero-order valence-electron chi connectivity index (χ0n) is 16.4. The van der Waals surface area contributed by atoms with Gasteiger partial charge in [-0.3, -0.25) is 10.7 Å². The summed E-state index contributed by atoms with van der Waals surface area (Å²) in [7, 11) is 0. The Bertz CT molecular complexity index is 1130. The van der Waals surface area contributed by atoms with Gasteiger partial charge in [-0.25, -0.2) is 9.97 Å². The van der Waals surface area contributed by atoms with Crippen LogP contribution in [0.2, 0.25) is 0 Å². The van der Waals surface area contributed by atoms with E-state index in [4.69, 9.17) is 4.74 Å². The quantitative estimate of drug-likeness (QED) is 0.318. The fourth-order valence-electron chi connectivity index (χ4n) is 3.61. The van der Waals surface area contributed by atoms with Crippen LogP contribution in [0.3, 0.4) is 0 Å².